The molecule has 0 aliphatic rings. The normalized spacial score (nSPS) is 11.9. The van der Waals surface area contributed by atoms with Gasteiger partial charge in [0, 0.05) is 19.3 Å². The second-order valence-electron chi connectivity index (χ2n) is 17.9. The topological polar surface area (TPSA) is 78.9 Å². The van der Waals surface area contributed by atoms with Crippen molar-refractivity contribution in [2.24, 2.45) is 5.92 Å². The molecular weight excluding hydrogens is 709 g/mol. The number of carbonyl (C=O) groups is 3. The van der Waals surface area contributed by atoms with Gasteiger partial charge >= 0.3 is 17.9 Å². The lowest BCUT2D eigenvalue weighted by Gasteiger charge is -2.18. The zero-order valence-corrected chi connectivity index (χ0v) is 38.8. The van der Waals surface area contributed by atoms with Crippen molar-refractivity contribution in [2.45, 2.75) is 291 Å². The molecule has 57 heavy (non-hydrogen) atoms. The van der Waals surface area contributed by atoms with Gasteiger partial charge in [-0.15, -0.1) is 0 Å². The third-order valence-corrected chi connectivity index (χ3v) is 11.5. The molecule has 0 aromatic rings. The van der Waals surface area contributed by atoms with E-state index in [1.165, 1.54) is 180 Å². The molecule has 0 rings (SSSR count). The highest BCUT2D eigenvalue weighted by Gasteiger charge is 2.19. The molecule has 0 heterocycles. The first kappa shape index (κ1) is 55.4. The van der Waals surface area contributed by atoms with Gasteiger partial charge in [0.1, 0.15) is 13.2 Å². The minimum absolute atomic E-state index is 0.0628. The second-order valence-corrected chi connectivity index (χ2v) is 17.9. The summed E-state index contributed by atoms with van der Waals surface area (Å²) in [5.74, 6) is -0.00199. The molecule has 0 unspecified atom stereocenters. The SMILES string of the molecule is CCCCCCCCCCCCCC(=O)OC[C@H](COC(=O)CCCCCCCCCCCCCCCCC(C)C)OC(=O)CCCCCCCCCCCCC. The average molecular weight is 807 g/mol. The molecule has 0 N–H and O–H groups in total. The molecule has 1 atom stereocenters. The van der Waals surface area contributed by atoms with E-state index in [4.69, 9.17) is 14.2 Å². The molecule has 0 radical (unpaired) electrons. The van der Waals surface area contributed by atoms with Crippen LogP contribution >= 0.6 is 0 Å². The summed E-state index contributed by atoms with van der Waals surface area (Å²) < 4.78 is 16.8. The van der Waals surface area contributed by atoms with E-state index in [1.807, 2.05) is 0 Å². The van der Waals surface area contributed by atoms with Crippen molar-refractivity contribution in [3.8, 4) is 0 Å². The number of carbonyl (C=O) groups excluding carboxylic acids is 3. The van der Waals surface area contributed by atoms with Crippen LogP contribution in [-0.2, 0) is 28.6 Å². The zero-order valence-electron chi connectivity index (χ0n) is 38.8. The van der Waals surface area contributed by atoms with Crippen LogP contribution in [0.1, 0.15) is 285 Å². The molecule has 0 aromatic carbocycles. The van der Waals surface area contributed by atoms with Crippen molar-refractivity contribution in [1.29, 1.82) is 0 Å². The highest BCUT2D eigenvalue weighted by molar-refractivity contribution is 5.71. The Morgan fingerprint density at radius 3 is 0.860 bits per heavy atom. The summed E-state index contributed by atoms with van der Waals surface area (Å²) in [7, 11) is 0. The number of hydrogen-bond donors (Lipinski definition) is 0. The van der Waals surface area contributed by atoms with Gasteiger partial charge < -0.3 is 14.2 Å². The molecule has 0 aromatic heterocycles. The standard InChI is InChI=1S/C51H98O6/c1-5-7-9-11-13-15-21-26-30-34-38-42-49(52)55-45-48(57-51(54)44-40-36-32-28-22-16-14-12-10-8-6-2)46-56-50(53)43-39-35-31-27-24-20-18-17-19-23-25-29-33-37-41-47(3)4/h47-48H,5-46H2,1-4H3/t48-/m1/s1. The van der Waals surface area contributed by atoms with Crippen LogP contribution in [0.3, 0.4) is 0 Å². The quantitative estimate of drug-likeness (QED) is 0.0346. The van der Waals surface area contributed by atoms with Crippen LogP contribution in [-0.4, -0.2) is 37.2 Å². The molecule has 0 fully saturated rings. The smallest absolute Gasteiger partial charge is 0.306 e. The van der Waals surface area contributed by atoms with Crippen LogP contribution in [0, 0.1) is 5.92 Å². The summed E-state index contributed by atoms with van der Waals surface area (Å²) in [4.78, 5) is 37.8. The molecule has 0 aliphatic heterocycles. The minimum Gasteiger partial charge on any atom is -0.462 e. The maximum Gasteiger partial charge on any atom is 0.306 e. The number of hydrogen-bond acceptors (Lipinski definition) is 6. The molecule has 0 spiro atoms. The van der Waals surface area contributed by atoms with Crippen LogP contribution in [0.15, 0.2) is 0 Å². The van der Waals surface area contributed by atoms with E-state index >= 15 is 0 Å². The van der Waals surface area contributed by atoms with Gasteiger partial charge in [-0.1, -0.05) is 246 Å². The molecule has 6 heteroatoms. The summed E-state index contributed by atoms with van der Waals surface area (Å²) >= 11 is 0. The number of rotatable bonds is 46. The second kappa shape index (κ2) is 45.5. The van der Waals surface area contributed by atoms with Crippen molar-refractivity contribution < 1.29 is 28.6 Å². The van der Waals surface area contributed by atoms with E-state index in [0.717, 1.165) is 63.7 Å². The lowest BCUT2D eigenvalue weighted by Crippen LogP contribution is -2.30. The highest BCUT2D eigenvalue weighted by atomic mass is 16.6. The lowest BCUT2D eigenvalue weighted by atomic mass is 10.0. The van der Waals surface area contributed by atoms with Crippen molar-refractivity contribution in [1.82, 2.24) is 0 Å². The maximum absolute atomic E-state index is 12.7. The first-order chi connectivity index (χ1) is 27.9. The van der Waals surface area contributed by atoms with Crippen LogP contribution in [0.4, 0.5) is 0 Å². The number of ether oxygens (including phenoxy) is 3. The van der Waals surface area contributed by atoms with Crippen molar-refractivity contribution in [3.63, 3.8) is 0 Å². The molecule has 0 aliphatic carbocycles. The third-order valence-electron chi connectivity index (χ3n) is 11.5. The molecular formula is C51H98O6. The van der Waals surface area contributed by atoms with E-state index in [1.54, 1.807) is 0 Å². The molecule has 0 saturated heterocycles. The molecule has 338 valence electrons. The largest absolute Gasteiger partial charge is 0.462 e. The van der Waals surface area contributed by atoms with Crippen LogP contribution in [0.5, 0.6) is 0 Å². The molecule has 0 amide bonds. The van der Waals surface area contributed by atoms with Crippen LogP contribution in [0.25, 0.3) is 0 Å². The Labute approximate surface area is 355 Å². The summed E-state index contributed by atoms with van der Waals surface area (Å²) in [6, 6.07) is 0. The van der Waals surface area contributed by atoms with Crippen molar-refractivity contribution in [3.05, 3.63) is 0 Å². The molecule has 0 bridgehead atoms. The van der Waals surface area contributed by atoms with Gasteiger partial charge in [-0.2, -0.15) is 0 Å². The predicted molar refractivity (Wildman–Crippen MR) is 243 cm³/mol. The van der Waals surface area contributed by atoms with E-state index < -0.39 is 6.10 Å². The van der Waals surface area contributed by atoms with Gasteiger partial charge in [-0.25, -0.2) is 0 Å². The van der Waals surface area contributed by atoms with E-state index in [9.17, 15) is 14.4 Å². The van der Waals surface area contributed by atoms with E-state index in [-0.39, 0.29) is 31.1 Å². The predicted octanol–water partition coefficient (Wildman–Crippen LogP) is 16.3. The summed E-state index contributed by atoms with van der Waals surface area (Å²) in [5.41, 5.74) is 0. The van der Waals surface area contributed by atoms with Gasteiger partial charge in [0.05, 0.1) is 0 Å². The van der Waals surface area contributed by atoms with Crippen LogP contribution < -0.4 is 0 Å². The van der Waals surface area contributed by atoms with Gasteiger partial charge in [0.25, 0.3) is 0 Å². The fourth-order valence-corrected chi connectivity index (χ4v) is 7.69. The zero-order chi connectivity index (χ0) is 41.7. The molecule has 0 saturated carbocycles. The number of unbranched alkanes of at least 4 members (excludes halogenated alkanes) is 33. The van der Waals surface area contributed by atoms with Crippen molar-refractivity contribution in [2.75, 3.05) is 13.2 Å². The Kier molecular flexibility index (Phi) is 44.2. The monoisotopic (exact) mass is 807 g/mol. The Bertz CT molecular complexity index is 857. The maximum atomic E-state index is 12.7. The van der Waals surface area contributed by atoms with Crippen LogP contribution in [0.2, 0.25) is 0 Å². The Balaban J connectivity index is 4.26. The first-order valence-electron chi connectivity index (χ1n) is 25.4. The number of esters is 3. The summed E-state index contributed by atoms with van der Waals surface area (Å²) in [5, 5.41) is 0. The molecule has 6 nitrogen and oxygen atoms in total. The van der Waals surface area contributed by atoms with E-state index in [2.05, 4.69) is 27.7 Å². The lowest BCUT2D eigenvalue weighted by molar-refractivity contribution is -0.167. The van der Waals surface area contributed by atoms with E-state index in [0.29, 0.717) is 19.3 Å². The third kappa shape index (κ3) is 45.3. The first-order valence-corrected chi connectivity index (χ1v) is 25.4. The minimum atomic E-state index is -0.759. The Morgan fingerprint density at radius 2 is 0.579 bits per heavy atom. The Morgan fingerprint density at radius 1 is 0.333 bits per heavy atom. The van der Waals surface area contributed by atoms with Crippen molar-refractivity contribution >= 4 is 17.9 Å². The van der Waals surface area contributed by atoms with Gasteiger partial charge in [-0.3, -0.25) is 14.4 Å². The fourth-order valence-electron chi connectivity index (χ4n) is 7.69. The van der Waals surface area contributed by atoms with Gasteiger partial charge in [0.15, 0.2) is 6.10 Å². The summed E-state index contributed by atoms with van der Waals surface area (Å²) in [6.07, 6.45) is 46.5. The Hall–Kier alpha value is -1.59. The highest BCUT2D eigenvalue weighted by Crippen LogP contribution is 2.17. The fraction of sp³-hybridized carbons (Fsp3) is 0.941. The van der Waals surface area contributed by atoms with Gasteiger partial charge in [0.2, 0.25) is 0 Å². The summed E-state index contributed by atoms with van der Waals surface area (Å²) in [6.45, 7) is 9.02. The average Bonchev–Trinajstić information content (AvgIpc) is 3.19. The van der Waals surface area contributed by atoms with Gasteiger partial charge in [-0.05, 0) is 25.2 Å².